The number of nitrogens with one attached hydrogen (secondary N) is 2. The molecule has 0 spiro atoms. The Labute approximate surface area is 185 Å². The molecule has 0 aliphatic rings. The Morgan fingerprint density at radius 1 is 1.03 bits per heavy atom. The van der Waals surface area contributed by atoms with Gasteiger partial charge in [0, 0.05) is 12.5 Å². The first-order chi connectivity index (χ1) is 15.4. The number of benzene rings is 2. The molecule has 2 amide bonds. The van der Waals surface area contributed by atoms with E-state index in [1.54, 1.807) is 0 Å². The van der Waals surface area contributed by atoms with Gasteiger partial charge in [0.05, 0.1) is 12.1 Å². The first-order valence-corrected chi connectivity index (χ1v) is 10.2. The number of carbonyl (C=O) groups excluding carboxylic acids is 2. The quantitative estimate of drug-likeness (QED) is 0.362. The first kappa shape index (κ1) is 22.7. The second-order valence-electron chi connectivity index (χ2n) is 7.57. The number of aliphatic carboxylic acids is 1. The van der Waals surface area contributed by atoms with Crippen LogP contribution in [0.3, 0.4) is 0 Å². The summed E-state index contributed by atoms with van der Waals surface area (Å²) in [5, 5.41) is 22.2. The maximum absolute atomic E-state index is 12.5. The molecular formula is C23H25N5O4. The van der Waals surface area contributed by atoms with Crippen molar-refractivity contribution in [3.05, 3.63) is 72.1 Å². The zero-order chi connectivity index (χ0) is 22.9. The average molecular weight is 435 g/mol. The van der Waals surface area contributed by atoms with Crippen LogP contribution in [-0.2, 0) is 16.0 Å². The molecule has 2 aromatic carbocycles. The summed E-state index contributed by atoms with van der Waals surface area (Å²) in [6.07, 6.45) is 1.93. The van der Waals surface area contributed by atoms with Crippen LogP contribution >= 0.6 is 0 Å². The molecule has 32 heavy (non-hydrogen) atoms. The normalized spacial score (nSPS) is 12.6. The fourth-order valence-electron chi connectivity index (χ4n) is 3.51. The Hall–Kier alpha value is -4.01. The molecule has 0 unspecified atom stereocenters. The molecule has 9 nitrogen and oxygen atoms in total. The largest absolute Gasteiger partial charge is 0.481 e. The van der Waals surface area contributed by atoms with Gasteiger partial charge in [-0.05, 0) is 36.0 Å². The van der Waals surface area contributed by atoms with Crippen molar-refractivity contribution < 1.29 is 19.5 Å². The number of hydrogen-bond acceptors (Lipinski definition) is 5. The number of primary amides is 1. The third kappa shape index (κ3) is 6.49. The van der Waals surface area contributed by atoms with E-state index >= 15 is 0 Å². The van der Waals surface area contributed by atoms with E-state index < -0.39 is 29.7 Å². The number of hydrogen-bond donors (Lipinski definition) is 4. The maximum Gasteiger partial charge on any atom is 0.306 e. The second kappa shape index (κ2) is 10.9. The van der Waals surface area contributed by atoms with Crippen LogP contribution in [0.2, 0.25) is 0 Å². The van der Waals surface area contributed by atoms with Crippen molar-refractivity contribution in [3.63, 3.8) is 0 Å². The molecule has 0 saturated carbocycles. The number of nitrogens with zero attached hydrogens (tertiary/aromatic N) is 2. The lowest BCUT2D eigenvalue weighted by Crippen LogP contribution is -2.39. The van der Waals surface area contributed by atoms with Gasteiger partial charge in [-0.15, -0.1) is 0 Å². The van der Waals surface area contributed by atoms with Crippen LogP contribution in [0.15, 0.2) is 60.8 Å². The smallest absolute Gasteiger partial charge is 0.306 e. The number of carboxylic acids is 1. The summed E-state index contributed by atoms with van der Waals surface area (Å²) < 4.78 is 0. The molecule has 0 fully saturated rings. The Morgan fingerprint density at radius 3 is 2.31 bits per heavy atom. The van der Waals surface area contributed by atoms with Crippen molar-refractivity contribution in [2.75, 3.05) is 0 Å². The summed E-state index contributed by atoms with van der Waals surface area (Å²) in [6.45, 7) is 0. The number of H-pyrrole nitrogens is 1. The number of nitrogens with two attached hydrogens (primary N) is 1. The molecule has 0 aliphatic carbocycles. The van der Waals surface area contributed by atoms with E-state index in [0.29, 0.717) is 6.42 Å². The number of aromatic amines is 1. The fourth-order valence-corrected chi connectivity index (χ4v) is 3.51. The van der Waals surface area contributed by atoms with Crippen molar-refractivity contribution in [2.24, 2.45) is 11.7 Å². The molecule has 0 aliphatic heterocycles. The predicted molar refractivity (Wildman–Crippen MR) is 117 cm³/mol. The summed E-state index contributed by atoms with van der Waals surface area (Å²) in [5.41, 5.74) is 8.38. The van der Waals surface area contributed by atoms with E-state index in [0.717, 1.165) is 16.7 Å². The Bertz CT molecular complexity index is 1040. The lowest BCUT2D eigenvalue weighted by molar-refractivity contribution is -0.142. The lowest BCUT2D eigenvalue weighted by atomic mass is 9.91. The van der Waals surface area contributed by atoms with Crippen LogP contribution in [0.25, 0.3) is 11.1 Å². The third-order valence-corrected chi connectivity index (χ3v) is 5.18. The van der Waals surface area contributed by atoms with E-state index in [4.69, 9.17) is 5.73 Å². The van der Waals surface area contributed by atoms with E-state index in [1.165, 1.54) is 6.20 Å². The van der Waals surface area contributed by atoms with Crippen molar-refractivity contribution in [2.45, 2.75) is 31.7 Å². The summed E-state index contributed by atoms with van der Waals surface area (Å²) in [5.74, 6) is -2.88. The lowest BCUT2D eigenvalue weighted by Gasteiger charge is -2.22. The van der Waals surface area contributed by atoms with Crippen molar-refractivity contribution >= 4 is 17.8 Å². The maximum atomic E-state index is 12.5. The minimum Gasteiger partial charge on any atom is -0.481 e. The molecule has 166 valence electrons. The van der Waals surface area contributed by atoms with Crippen molar-refractivity contribution in [1.29, 1.82) is 0 Å². The molecule has 0 radical (unpaired) electrons. The molecule has 9 heteroatoms. The van der Waals surface area contributed by atoms with Crippen LogP contribution in [-0.4, -0.2) is 44.3 Å². The monoisotopic (exact) mass is 435 g/mol. The number of rotatable bonds is 11. The van der Waals surface area contributed by atoms with Crippen LogP contribution in [0.4, 0.5) is 0 Å². The minimum absolute atomic E-state index is 0.0350. The van der Waals surface area contributed by atoms with Crippen molar-refractivity contribution in [3.8, 4) is 11.1 Å². The zero-order valence-electron chi connectivity index (χ0n) is 17.4. The van der Waals surface area contributed by atoms with Crippen LogP contribution < -0.4 is 11.1 Å². The fraction of sp³-hybridized carbons (Fsp3) is 0.261. The van der Waals surface area contributed by atoms with E-state index in [1.807, 2.05) is 54.6 Å². The van der Waals surface area contributed by atoms with Gasteiger partial charge in [0.15, 0.2) is 5.69 Å². The molecule has 3 rings (SSSR count). The highest BCUT2D eigenvalue weighted by Crippen LogP contribution is 2.22. The highest BCUT2D eigenvalue weighted by Gasteiger charge is 2.25. The molecule has 2 atom stereocenters. The second-order valence-corrected chi connectivity index (χ2v) is 7.57. The molecule has 3 aromatic rings. The highest BCUT2D eigenvalue weighted by atomic mass is 16.4. The summed E-state index contributed by atoms with van der Waals surface area (Å²) >= 11 is 0. The van der Waals surface area contributed by atoms with Gasteiger partial charge >= 0.3 is 5.97 Å². The highest BCUT2D eigenvalue weighted by molar-refractivity contribution is 5.92. The number of carboxylic acid groups (broad SMARTS) is 1. The number of carbonyl (C=O) groups is 3. The number of aromatic nitrogens is 3. The van der Waals surface area contributed by atoms with Gasteiger partial charge in [-0.3, -0.25) is 14.4 Å². The third-order valence-electron chi connectivity index (χ3n) is 5.18. The number of amides is 2. The topological polar surface area (TPSA) is 151 Å². The molecule has 5 N–H and O–H groups in total. The zero-order valence-corrected chi connectivity index (χ0v) is 17.4. The predicted octanol–water partition coefficient (Wildman–Crippen LogP) is 2.17. The molecular weight excluding hydrogens is 410 g/mol. The standard InChI is InChI=1S/C23H25N5O4/c24-21(29)11-10-18(23(31)32)13-19(26-22(30)20-14-25-28-27-20)12-15-6-8-17(9-7-15)16-4-2-1-3-5-16/h1-9,14,18-19H,10-13H2,(H2,24,29)(H,26,30)(H,31,32)(H,25,27,28)/t18-,19-/m1/s1. The van der Waals surface area contributed by atoms with Crippen LogP contribution in [0.1, 0.15) is 35.3 Å². The molecule has 1 heterocycles. The summed E-state index contributed by atoms with van der Waals surface area (Å²) in [4.78, 5) is 35.4. The molecule has 0 bridgehead atoms. The van der Waals surface area contributed by atoms with E-state index in [2.05, 4.69) is 20.7 Å². The average Bonchev–Trinajstić information content (AvgIpc) is 3.32. The first-order valence-electron chi connectivity index (χ1n) is 10.2. The summed E-state index contributed by atoms with van der Waals surface area (Å²) in [6, 6.07) is 17.3. The van der Waals surface area contributed by atoms with Gasteiger partial charge in [0.2, 0.25) is 5.91 Å². The van der Waals surface area contributed by atoms with Gasteiger partial charge in [-0.1, -0.05) is 54.6 Å². The van der Waals surface area contributed by atoms with Gasteiger partial charge in [0.25, 0.3) is 5.91 Å². The van der Waals surface area contributed by atoms with E-state index in [9.17, 15) is 19.5 Å². The minimum atomic E-state index is -1.04. The SMILES string of the molecule is NC(=O)CC[C@H](C[C@@H](Cc1ccc(-c2ccccc2)cc1)NC(=O)c1cn[nH]n1)C(=O)O. The Morgan fingerprint density at radius 2 is 1.72 bits per heavy atom. The van der Waals surface area contributed by atoms with Gasteiger partial charge in [0.1, 0.15) is 0 Å². The van der Waals surface area contributed by atoms with Gasteiger partial charge in [-0.2, -0.15) is 15.4 Å². The van der Waals surface area contributed by atoms with E-state index in [-0.39, 0.29) is 25.0 Å². The van der Waals surface area contributed by atoms with Crippen molar-refractivity contribution in [1.82, 2.24) is 20.7 Å². The molecule has 0 saturated heterocycles. The Kier molecular flexibility index (Phi) is 7.69. The molecule has 1 aromatic heterocycles. The Balaban J connectivity index is 1.75. The van der Waals surface area contributed by atoms with Crippen LogP contribution in [0, 0.1) is 5.92 Å². The summed E-state index contributed by atoms with van der Waals surface area (Å²) in [7, 11) is 0. The van der Waals surface area contributed by atoms with Crippen LogP contribution in [0.5, 0.6) is 0 Å². The van der Waals surface area contributed by atoms with Gasteiger partial charge in [-0.25, -0.2) is 0 Å². The van der Waals surface area contributed by atoms with Gasteiger partial charge < -0.3 is 16.2 Å².